The number of likely N-dealkylation sites (N-methyl/N-ethyl adjacent to an activating group) is 1. The third-order valence-electron chi connectivity index (χ3n) is 15.1. The number of carbonyl (C=O) groups excluding carboxylic acids is 5. The third-order valence-corrected chi connectivity index (χ3v) is 15.4. The van der Waals surface area contributed by atoms with E-state index in [-0.39, 0.29) is 77.3 Å². The molecule has 1 aromatic heterocycles. The van der Waals surface area contributed by atoms with E-state index < -0.39 is 59.0 Å². The molecule has 5 amide bonds. The van der Waals surface area contributed by atoms with Gasteiger partial charge in [-0.05, 0) is 91.9 Å². The predicted octanol–water partition coefficient (Wildman–Crippen LogP) is 6.58. The number of likely N-dealkylation sites (tertiary alicyclic amines) is 1. The first-order chi connectivity index (χ1) is 32.6. The van der Waals surface area contributed by atoms with Crippen LogP contribution < -0.4 is 25.6 Å². The monoisotopic (exact) mass is 956 g/mol. The molecular formula is C49H49ClF4N8O6. The van der Waals surface area contributed by atoms with Crippen molar-refractivity contribution in [1.82, 2.24) is 25.0 Å². The second-order valence-electron chi connectivity index (χ2n) is 18.7. The molecule has 3 N–H and O–H groups in total. The molecule has 3 saturated heterocycles. The molecule has 4 fully saturated rings. The number of ether oxygens (including phenoxy) is 1. The number of methoxy groups -OCH3 is 1. The van der Waals surface area contributed by atoms with Crippen molar-refractivity contribution in [2.75, 3.05) is 62.4 Å². The molecule has 10 rings (SSSR count). The Morgan fingerprint density at radius 3 is 2.46 bits per heavy atom. The van der Waals surface area contributed by atoms with Crippen LogP contribution in [0.15, 0.2) is 66.9 Å². The number of nitrogens with one attached hydrogen (secondary N) is 3. The van der Waals surface area contributed by atoms with Crippen LogP contribution in [0.5, 0.6) is 5.75 Å². The van der Waals surface area contributed by atoms with Crippen molar-refractivity contribution in [2.45, 2.75) is 80.7 Å². The minimum absolute atomic E-state index is 0.0381. The van der Waals surface area contributed by atoms with Gasteiger partial charge in [-0.3, -0.25) is 39.2 Å². The largest absolute Gasteiger partial charge is 0.495 e. The number of aromatic nitrogens is 1. The highest BCUT2D eigenvalue weighted by molar-refractivity contribution is 6.30. The zero-order valence-electron chi connectivity index (χ0n) is 37.3. The summed E-state index contributed by atoms with van der Waals surface area (Å²) < 4.78 is 64.1. The van der Waals surface area contributed by atoms with E-state index in [0.29, 0.717) is 42.9 Å². The number of hydrogen-bond acceptors (Lipinski definition) is 10. The van der Waals surface area contributed by atoms with Crippen LogP contribution in [0.25, 0.3) is 0 Å². The summed E-state index contributed by atoms with van der Waals surface area (Å²) in [6.45, 7) is 2.18. The van der Waals surface area contributed by atoms with E-state index in [4.69, 9.17) is 16.3 Å². The van der Waals surface area contributed by atoms with E-state index in [1.54, 1.807) is 41.3 Å². The van der Waals surface area contributed by atoms with Gasteiger partial charge in [0.2, 0.25) is 17.7 Å². The highest BCUT2D eigenvalue weighted by Crippen LogP contribution is 2.60. The number of benzene rings is 3. The fraction of sp³-hybridized carbons (Fsp3) is 0.429. The predicted molar refractivity (Wildman–Crippen MR) is 243 cm³/mol. The van der Waals surface area contributed by atoms with Crippen LogP contribution in [-0.4, -0.2) is 114 Å². The van der Waals surface area contributed by atoms with Crippen molar-refractivity contribution in [2.24, 2.45) is 5.92 Å². The molecule has 4 aromatic rings. The van der Waals surface area contributed by atoms with Crippen LogP contribution in [0.4, 0.5) is 34.6 Å². The lowest BCUT2D eigenvalue weighted by molar-refractivity contribution is -0.141. The van der Waals surface area contributed by atoms with Gasteiger partial charge in [0.1, 0.15) is 23.3 Å². The van der Waals surface area contributed by atoms with Gasteiger partial charge in [0.15, 0.2) is 0 Å². The summed E-state index contributed by atoms with van der Waals surface area (Å²) in [4.78, 5) is 77.7. The molecule has 1 aliphatic carbocycles. The molecule has 68 heavy (non-hydrogen) atoms. The number of rotatable bonds is 8. The third kappa shape index (κ3) is 7.59. The number of alkyl halides is 3. The zero-order chi connectivity index (χ0) is 47.8. The van der Waals surface area contributed by atoms with E-state index in [1.807, 2.05) is 24.1 Å². The Hall–Kier alpha value is -6.27. The summed E-state index contributed by atoms with van der Waals surface area (Å²) >= 11 is 6.42. The molecule has 3 aromatic carbocycles. The highest BCUT2D eigenvalue weighted by Gasteiger charge is 2.66. The number of fused-ring (bicyclic) bond motifs is 3. The van der Waals surface area contributed by atoms with Crippen molar-refractivity contribution in [3.63, 3.8) is 0 Å². The summed E-state index contributed by atoms with van der Waals surface area (Å²) in [5.74, 6) is -3.20. The molecule has 0 unspecified atom stereocenters. The van der Waals surface area contributed by atoms with Crippen molar-refractivity contribution < 1.29 is 46.3 Å². The number of piperazine rings is 1. The second-order valence-corrected chi connectivity index (χ2v) is 19.1. The summed E-state index contributed by atoms with van der Waals surface area (Å²) in [6, 6.07) is 13.8. The minimum atomic E-state index is -4.69. The molecular weight excluding hydrogens is 908 g/mol. The second kappa shape index (κ2) is 17.4. The Morgan fingerprint density at radius 1 is 0.971 bits per heavy atom. The van der Waals surface area contributed by atoms with E-state index in [1.165, 1.54) is 24.3 Å². The SMILES string of the molecule is COc1cc(C(=O)N2CCN(c3ccc4c(c3)CN([C@H]3CCC(=O)NC3=O)C4=O)CC2)ccc1NC(=O)[C@H]1[C@H](c2cccc(Cl)c2F)[C@]2(CNc3cc(C(F)(F)F)ncc32)[C@H](C2CCCC2)N1C. The Labute approximate surface area is 394 Å². The van der Waals surface area contributed by atoms with Crippen LogP contribution in [0, 0.1) is 11.7 Å². The lowest BCUT2D eigenvalue weighted by atomic mass is 9.62. The normalized spacial score (nSPS) is 25.2. The van der Waals surface area contributed by atoms with Gasteiger partial charge < -0.3 is 30.1 Å². The topological polar surface area (TPSA) is 157 Å². The Balaban J connectivity index is 0.879. The number of halogens is 5. The number of amides is 5. The number of carbonyl (C=O) groups is 5. The fourth-order valence-electron chi connectivity index (χ4n) is 12.1. The molecule has 1 spiro atoms. The van der Waals surface area contributed by atoms with Crippen LogP contribution in [-0.2, 0) is 32.5 Å². The van der Waals surface area contributed by atoms with Gasteiger partial charge in [0.05, 0.1) is 23.9 Å². The van der Waals surface area contributed by atoms with Gasteiger partial charge in [-0.1, -0.05) is 36.6 Å². The summed E-state index contributed by atoms with van der Waals surface area (Å²) in [6.07, 6.45) is 0.504. The van der Waals surface area contributed by atoms with Gasteiger partial charge in [-0.25, -0.2) is 4.39 Å². The molecule has 19 heteroatoms. The summed E-state index contributed by atoms with van der Waals surface area (Å²) in [5, 5.41) is 8.41. The Morgan fingerprint density at radius 2 is 1.74 bits per heavy atom. The quantitative estimate of drug-likeness (QED) is 0.130. The van der Waals surface area contributed by atoms with Crippen LogP contribution in [0.1, 0.15) is 87.5 Å². The van der Waals surface area contributed by atoms with Crippen molar-refractivity contribution in [3.8, 4) is 5.75 Å². The van der Waals surface area contributed by atoms with Gasteiger partial charge >= 0.3 is 6.18 Å². The molecule has 5 atom stereocenters. The van der Waals surface area contributed by atoms with Crippen molar-refractivity contribution in [3.05, 3.63) is 111 Å². The molecule has 1 saturated carbocycles. The molecule has 6 heterocycles. The number of nitrogens with zero attached hydrogens (tertiary/aromatic N) is 5. The maximum atomic E-state index is 16.5. The smallest absolute Gasteiger partial charge is 0.433 e. The van der Waals surface area contributed by atoms with Crippen LogP contribution in [0.2, 0.25) is 5.02 Å². The first-order valence-corrected chi connectivity index (χ1v) is 23.2. The minimum Gasteiger partial charge on any atom is -0.495 e. The van der Waals surface area contributed by atoms with Crippen LogP contribution >= 0.6 is 11.6 Å². The van der Waals surface area contributed by atoms with Gasteiger partial charge in [0, 0.05) is 97.3 Å². The number of hydrogen-bond donors (Lipinski definition) is 3. The Bertz CT molecular complexity index is 2740. The van der Waals surface area contributed by atoms with Gasteiger partial charge in [0.25, 0.3) is 11.8 Å². The van der Waals surface area contributed by atoms with E-state index in [0.717, 1.165) is 43.0 Å². The number of anilines is 3. The number of piperidine rings is 1. The van der Waals surface area contributed by atoms with Crippen LogP contribution in [0.3, 0.4) is 0 Å². The Kier molecular flexibility index (Phi) is 11.6. The lowest BCUT2D eigenvalue weighted by Crippen LogP contribution is -2.52. The van der Waals surface area contributed by atoms with Gasteiger partial charge in [-0.2, -0.15) is 13.2 Å². The van der Waals surface area contributed by atoms with E-state index >= 15 is 9.18 Å². The van der Waals surface area contributed by atoms with Crippen molar-refractivity contribution >= 4 is 58.2 Å². The zero-order valence-corrected chi connectivity index (χ0v) is 38.1. The van der Waals surface area contributed by atoms with E-state index in [9.17, 15) is 32.3 Å². The molecule has 356 valence electrons. The molecule has 6 aliphatic rings. The molecule has 0 bridgehead atoms. The average molecular weight is 957 g/mol. The lowest BCUT2D eigenvalue weighted by Gasteiger charge is -2.40. The molecule has 5 aliphatic heterocycles. The number of imide groups is 1. The first kappa shape index (κ1) is 45.5. The average Bonchev–Trinajstić information content (AvgIpc) is 4.11. The number of pyridine rings is 1. The van der Waals surface area contributed by atoms with Crippen molar-refractivity contribution in [1.29, 1.82) is 0 Å². The summed E-state index contributed by atoms with van der Waals surface area (Å²) in [5.41, 5.74) is 1.52. The maximum Gasteiger partial charge on any atom is 0.433 e. The maximum absolute atomic E-state index is 16.5. The molecule has 0 radical (unpaired) electrons. The fourth-order valence-corrected chi connectivity index (χ4v) is 12.2. The van der Waals surface area contributed by atoms with Gasteiger partial charge in [-0.15, -0.1) is 0 Å². The standard InChI is InChI=1S/C49H49ClF4N8O6/c1-59-42(40(31-8-5-9-33(50)41(31)51)48(43(59)26-6-3-4-7-26)25-56-35-22-38(49(52,53)54)55-23-32(35)48)45(65)57-34-13-10-27(21-37(34)68-2)46(66)61-18-16-60(17-19-61)29-11-12-30-28(20-29)24-62(47(30)67)36-14-15-39(63)58-44(36)64/h5,8-13,20-23,26,36,40,42-43,56H,3-4,6-7,14-19,24-25H2,1-2H3,(H,57,65)(H,58,63,64)/t36-,40-,42+,43-,48+/m0/s1. The summed E-state index contributed by atoms with van der Waals surface area (Å²) in [7, 11) is 3.24. The molecule has 14 nitrogen and oxygen atoms in total. The highest BCUT2D eigenvalue weighted by atomic mass is 35.5. The first-order valence-electron chi connectivity index (χ1n) is 22.9. The van der Waals surface area contributed by atoms with E-state index in [2.05, 4.69) is 25.8 Å².